The summed E-state index contributed by atoms with van der Waals surface area (Å²) in [5, 5.41) is 6.91. The molecule has 0 fully saturated rings. The third-order valence-electron chi connectivity index (χ3n) is 5.00. The Bertz CT molecular complexity index is 1380. The third-order valence-corrected chi connectivity index (χ3v) is 5.74. The number of nitrogens with zero attached hydrogens (tertiary/aromatic N) is 1. The lowest BCUT2D eigenvalue weighted by atomic mass is 10.2. The Morgan fingerprint density at radius 2 is 1.45 bits per heavy atom. The summed E-state index contributed by atoms with van der Waals surface area (Å²) in [5.41, 5.74) is 3.38. The normalized spacial score (nSPS) is 10.6. The fourth-order valence-corrected chi connectivity index (χ4v) is 3.39. The van der Waals surface area contributed by atoms with E-state index in [4.69, 9.17) is 42.1 Å². The van der Waals surface area contributed by atoms with Crippen LogP contribution >= 0.6 is 23.2 Å². The number of amides is 2. The molecule has 2 N–H and O–H groups in total. The van der Waals surface area contributed by atoms with Crippen LogP contribution in [0.15, 0.2) is 59.7 Å². The molecule has 198 valence electrons. The lowest BCUT2D eigenvalue weighted by molar-refractivity contribution is -0.120. The first kappa shape index (κ1) is 28.3. The van der Waals surface area contributed by atoms with Gasteiger partial charge in [-0.25, -0.2) is 10.2 Å². The maximum atomic E-state index is 12.4. The predicted octanol–water partition coefficient (Wildman–Crippen LogP) is 4.12. The molecule has 0 aliphatic heterocycles. The molecule has 0 spiro atoms. The molecule has 0 radical (unpaired) electrons. The van der Waals surface area contributed by atoms with Gasteiger partial charge in [-0.1, -0.05) is 23.2 Å². The standard InChI is InChI=1S/C26H23Cl2N3O7/c1-35-20-9-6-16(12-23(20)37-3)25(33)29-14-24(32)31-30-13-15-4-8-21(22(10-15)36-2)38-26(34)17-5-7-18(27)19(28)11-17/h4-13H,14H2,1-3H3,(H,29,33)(H,31,32)/b30-13-. The zero-order valence-corrected chi connectivity index (χ0v) is 22.1. The van der Waals surface area contributed by atoms with Crippen molar-refractivity contribution < 1.29 is 33.3 Å². The fourth-order valence-electron chi connectivity index (χ4n) is 3.09. The van der Waals surface area contributed by atoms with Gasteiger partial charge in [-0.2, -0.15) is 5.10 Å². The maximum Gasteiger partial charge on any atom is 0.343 e. The molecule has 38 heavy (non-hydrogen) atoms. The molecule has 0 saturated heterocycles. The second-order valence-electron chi connectivity index (χ2n) is 7.47. The minimum absolute atomic E-state index is 0.169. The number of carbonyl (C=O) groups excluding carboxylic acids is 3. The van der Waals surface area contributed by atoms with Crippen molar-refractivity contribution in [1.82, 2.24) is 10.7 Å². The highest BCUT2D eigenvalue weighted by molar-refractivity contribution is 6.42. The van der Waals surface area contributed by atoms with Crippen LogP contribution in [0, 0.1) is 0 Å². The second-order valence-corrected chi connectivity index (χ2v) is 8.29. The van der Waals surface area contributed by atoms with Crippen LogP contribution in [-0.2, 0) is 4.79 Å². The Labute approximate surface area is 228 Å². The van der Waals surface area contributed by atoms with Crippen LogP contribution in [0.1, 0.15) is 26.3 Å². The third kappa shape index (κ3) is 7.37. The summed E-state index contributed by atoms with van der Waals surface area (Å²) in [6.07, 6.45) is 1.36. The number of hydrogen-bond donors (Lipinski definition) is 2. The Hall–Kier alpha value is -4.28. The molecule has 10 nitrogen and oxygen atoms in total. The molecule has 0 bridgehead atoms. The van der Waals surface area contributed by atoms with Crippen molar-refractivity contribution in [2.75, 3.05) is 27.9 Å². The van der Waals surface area contributed by atoms with Crippen LogP contribution in [0.5, 0.6) is 23.0 Å². The van der Waals surface area contributed by atoms with Gasteiger partial charge in [0.2, 0.25) is 0 Å². The van der Waals surface area contributed by atoms with Gasteiger partial charge in [0.1, 0.15) is 0 Å². The van der Waals surface area contributed by atoms with Crippen molar-refractivity contribution in [1.29, 1.82) is 0 Å². The first-order chi connectivity index (χ1) is 18.2. The van der Waals surface area contributed by atoms with Gasteiger partial charge in [-0.05, 0) is 60.2 Å². The Balaban J connectivity index is 1.55. The van der Waals surface area contributed by atoms with Crippen LogP contribution in [-0.4, -0.2) is 51.9 Å². The smallest absolute Gasteiger partial charge is 0.343 e. The van der Waals surface area contributed by atoms with E-state index >= 15 is 0 Å². The Kier molecular flexibility index (Phi) is 9.92. The Morgan fingerprint density at radius 3 is 2.13 bits per heavy atom. The number of ether oxygens (including phenoxy) is 4. The molecule has 0 aromatic heterocycles. The molecule has 3 aromatic carbocycles. The SMILES string of the molecule is COc1ccc(C(=O)NCC(=O)N/N=C\c2ccc(OC(=O)c3ccc(Cl)c(Cl)c3)c(OC)c2)cc1OC. The van der Waals surface area contributed by atoms with E-state index in [2.05, 4.69) is 15.8 Å². The number of rotatable bonds is 10. The highest BCUT2D eigenvalue weighted by Gasteiger charge is 2.15. The van der Waals surface area contributed by atoms with Gasteiger partial charge >= 0.3 is 5.97 Å². The van der Waals surface area contributed by atoms with E-state index in [1.54, 1.807) is 24.3 Å². The van der Waals surface area contributed by atoms with Crippen LogP contribution in [0.3, 0.4) is 0 Å². The quantitative estimate of drug-likeness (QED) is 0.166. The van der Waals surface area contributed by atoms with E-state index < -0.39 is 17.8 Å². The lowest BCUT2D eigenvalue weighted by Crippen LogP contribution is -2.34. The first-order valence-electron chi connectivity index (χ1n) is 10.9. The summed E-state index contributed by atoms with van der Waals surface area (Å²) in [6, 6.07) is 13.7. The van der Waals surface area contributed by atoms with E-state index in [-0.39, 0.29) is 28.6 Å². The number of methoxy groups -OCH3 is 3. The minimum atomic E-state index is -0.648. The van der Waals surface area contributed by atoms with Crippen molar-refractivity contribution in [2.45, 2.75) is 0 Å². The van der Waals surface area contributed by atoms with Crippen molar-refractivity contribution in [3.63, 3.8) is 0 Å². The molecular weight excluding hydrogens is 537 g/mol. The van der Waals surface area contributed by atoms with Crippen LogP contribution in [0.4, 0.5) is 0 Å². The van der Waals surface area contributed by atoms with Crippen molar-refractivity contribution in [3.05, 3.63) is 81.3 Å². The fraction of sp³-hybridized carbons (Fsp3) is 0.154. The summed E-state index contributed by atoms with van der Waals surface area (Å²) < 4.78 is 21.0. The number of hydrazone groups is 1. The second kappa shape index (κ2) is 13.3. The molecule has 0 atom stereocenters. The average molecular weight is 560 g/mol. The van der Waals surface area contributed by atoms with Gasteiger partial charge in [-0.15, -0.1) is 0 Å². The molecule has 0 saturated carbocycles. The molecular formula is C26H23Cl2N3O7. The predicted molar refractivity (Wildman–Crippen MR) is 142 cm³/mol. The minimum Gasteiger partial charge on any atom is -0.493 e. The molecule has 0 aliphatic rings. The van der Waals surface area contributed by atoms with Gasteiger partial charge in [0.15, 0.2) is 23.0 Å². The summed E-state index contributed by atoms with van der Waals surface area (Å²) >= 11 is 11.8. The highest BCUT2D eigenvalue weighted by Crippen LogP contribution is 2.30. The lowest BCUT2D eigenvalue weighted by Gasteiger charge is -2.10. The van der Waals surface area contributed by atoms with Gasteiger partial charge < -0.3 is 24.3 Å². The summed E-state index contributed by atoms with van der Waals surface area (Å²) in [6.45, 7) is -0.308. The van der Waals surface area contributed by atoms with Gasteiger partial charge in [0, 0.05) is 5.56 Å². The molecule has 3 aromatic rings. The number of carbonyl (C=O) groups is 3. The number of nitrogens with one attached hydrogen (secondary N) is 2. The van der Waals surface area contributed by atoms with Crippen LogP contribution < -0.4 is 29.7 Å². The number of hydrogen-bond acceptors (Lipinski definition) is 8. The first-order valence-corrected chi connectivity index (χ1v) is 11.7. The monoisotopic (exact) mass is 559 g/mol. The van der Waals surface area contributed by atoms with Crippen molar-refractivity contribution >= 4 is 47.2 Å². The maximum absolute atomic E-state index is 12.4. The highest BCUT2D eigenvalue weighted by atomic mass is 35.5. The molecule has 2 amide bonds. The number of esters is 1. The summed E-state index contributed by atoms with van der Waals surface area (Å²) in [4.78, 5) is 36.9. The molecule has 0 aliphatic carbocycles. The Morgan fingerprint density at radius 1 is 0.789 bits per heavy atom. The number of halogens is 2. The van der Waals surface area contributed by atoms with E-state index in [1.165, 1.54) is 57.9 Å². The molecule has 0 unspecified atom stereocenters. The number of benzene rings is 3. The van der Waals surface area contributed by atoms with Crippen LogP contribution in [0.2, 0.25) is 10.0 Å². The van der Waals surface area contributed by atoms with Crippen molar-refractivity contribution in [3.8, 4) is 23.0 Å². The molecule has 12 heteroatoms. The van der Waals surface area contributed by atoms with Crippen molar-refractivity contribution in [2.24, 2.45) is 5.10 Å². The van der Waals surface area contributed by atoms with Gasteiger partial charge in [0.05, 0.1) is 49.7 Å². The molecule has 3 rings (SSSR count). The zero-order valence-electron chi connectivity index (χ0n) is 20.5. The van der Waals surface area contributed by atoms with E-state index in [9.17, 15) is 14.4 Å². The topological polar surface area (TPSA) is 125 Å². The van der Waals surface area contributed by atoms with Gasteiger partial charge in [0.25, 0.3) is 11.8 Å². The van der Waals surface area contributed by atoms with E-state index in [0.717, 1.165) is 0 Å². The average Bonchev–Trinajstić information content (AvgIpc) is 2.93. The van der Waals surface area contributed by atoms with Crippen LogP contribution in [0.25, 0.3) is 0 Å². The summed E-state index contributed by atoms with van der Waals surface area (Å²) in [7, 11) is 4.36. The van der Waals surface area contributed by atoms with Gasteiger partial charge in [-0.3, -0.25) is 9.59 Å². The largest absolute Gasteiger partial charge is 0.493 e. The zero-order chi connectivity index (χ0) is 27.7. The molecule has 0 heterocycles. The van der Waals surface area contributed by atoms with E-state index in [1.807, 2.05) is 0 Å². The van der Waals surface area contributed by atoms with E-state index in [0.29, 0.717) is 27.6 Å². The summed E-state index contributed by atoms with van der Waals surface area (Å²) in [5.74, 6) is -0.371.